The van der Waals surface area contributed by atoms with Crippen LogP contribution in [0.15, 0.2) is 81.4 Å². The van der Waals surface area contributed by atoms with Crippen molar-refractivity contribution in [1.82, 2.24) is 0 Å². The summed E-state index contributed by atoms with van der Waals surface area (Å²) in [4.78, 5) is 4.24. The van der Waals surface area contributed by atoms with E-state index in [-0.39, 0.29) is 27.1 Å². The van der Waals surface area contributed by atoms with Crippen LogP contribution >= 0.6 is 0 Å². The van der Waals surface area contributed by atoms with E-state index in [1.807, 2.05) is 0 Å². The monoisotopic (exact) mass is 632 g/mol. The first-order chi connectivity index (χ1) is 14.7. The molecule has 32 heavy (non-hydrogen) atoms. The number of hydrogen-bond donors (Lipinski definition) is 0. The van der Waals surface area contributed by atoms with E-state index in [4.69, 9.17) is 0 Å². The van der Waals surface area contributed by atoms with Gasteiger partial charge < -0.3 is 0 Å². The van der Waals surface area contributed by atoms with Crippen molar-refractivity contribution < 1.29 is 26.1 Å². The van der Waals surface area contributed by atoms with Gasteiger partial charge >= 0.3 is 217 Å². The summed E-state index contributed by atoms with van der Waals surface area (Å²) in [5, 5.41) is 0. The Morgan fingerprint density at radius 3 is 1.19 bits per heavy atom. The van der Waals surface area contributed by atoms with Gasteiger partial charge in [-0.05, 0) is 0 Å². The molecule has 0 aliphatic rings. The van der Waals surface area contributed by atoms with Crippen molar-refractivity contribution in [3.05, 3.63) is 83.4 Å². The first kappa shape index (κ1) is 25.6. The van der Waals surface area contributed by atoms with Crippen LogP contribution < -0.4 is 3.07 Å². The van der Waals surface area contributed by atoms with Crippen LogP contribution in [0.25, 0.3) is 0 Å². The van der Waals surface area contributed by atoms with Gasteiger partial charge in [0.1, 0.15) is 0 Å². The third-order valence-corrected chi connectivity index (χ3v) is 10.5. The number of benzene rings is 3. The molecule has 0 saturated carbocycles. The van der Waals surface area contributed by atoms with E-state index in [1.54, 1.807) is 3.07 Å². The summed E-state index contributed by atoms with van der Waals surface area (Å²) in [7, 11) is -0.0990. The van der Waals surface area contributed by atoms with Gasteiger partial charge in [-0.15, -0.1) is 0 Å². The predicted molar refractivity (Wildman–Crippen MR) is 137 cm³/mol. The van der Waals surface area contributed by atoms with Gasteiger partial charge in [0.2, 0.25) is 0 Å². The Hall–Kier alpha value is -1.05. The molecule has 0 unspecified atom stereocenters. The molecule has 0 aliphatic heterocycles. The molecule has 2 heteroatoms. The van der Waals surface area contributed by atoms with Crippen LogP contribution in [0.4, 0.5) is 0 Å². The van der Waals surface area contributed by atoms with E-state index in [0.717, 1.165) is 0 Å². The van der Waals surface area contributed by atoms with Crippen molar-refractivity contribution in [3.63, 3.8) is 0 Å². The Balaban J connectivity index is 2.13. The van der Waals surface area contributed by atoms with Gasteiger partial charge in [-0.1, -0.05) is 0 Å². The van der Waals surface area contributed by atoms with E-state index in [2.05, 4.69) is 129 Å². The first-order valence-corrected chi connectivity index (χ1v) is 15.6. The van der Waals surface area contributed by atoms with Crippen LogP contribution in [-0.4, -0.2) is 0 Å². The fraction of sp³-hybridized carbons (Fsp3) is 0.400. The second kappa shape index (κ2) is 9.30. The zero-order valence-corrected chi connectivity index (χ0v) is 27.8. The second-order valence-electron chi connectivity index (χ2n) is 11.9. The van der Waals surface area contributed by atoms with Crippen molar-refractivity contribution in [2.24, 2.45) is 0 Å². The second-order valence-corrected chi connectivity index (χ2v) is 16.9. The molecule has 0 fully saturated rings. The van der Waals surface area contributed by atoms with Crippen LogP contribution in [0.3, 0.4) is 0 Å². The quantitative estimate of drug-likeness (QED) is 0.204. The standard InChI is InChI=1S/C30H38S.Hg/c1-28(2,3)22-10-16-25(17-11-22)31(26-18-12-23(13-19-26)29(4,5)6)27-20-14-24(15-21-27)30(7,8)9;/h10-14,16-21H,1-9H3;/q+1;. The van der Waals surface area contributed by atoms with Crippen LogP contribution in [0.2, 0.25) is 0 Å². The molecule has 0 radical (unpaired) electrons. The van der Waals surface area contributed by atoms with Gasteiger partial charge in [0, 0.05) is 0 Å². The summed E-state index contributed by atoms with van der Waals surface area (Å²) >= 11 is 0.586. The molecule has 3 aromatic carbocycles. The van der Waals surface area contributed by atoms with E-state index in [0.29, 0.717) is 26.1 Å². The minimum atomic E-state index is -0.0990. The summed E-state index contributed by atoms with van der Waals surface area (Å²) in [6, 6.07) is 26.0. The van der Waals surface area contributed by atoms with Gasteiger partial charge in [-0.2, -0.15) is 0 Å². The molecule has 3 aromatic rings. The van der Waals surface area contributed by atoms with Crippen molar-refractivity contribution in [2.75, 3.05) is 0 Å². The molecule has 0 aliphatic carbocycles. The summed E-state index contributed by atoms with van der Waals surface area (Å²) in [6.07, 6.45) is 0. The average molecular weight is 631 g/mol. The molecule has 0 heterocycles. The first-order valence-electron chi connectivity index (χ1n) is 11.6. The van der Waals surface area contributed by atoms with Crippen LogP contribution in [0.5, 0.6) is 0 Å². The summed E-state index contributed by atoms with van der Waals surface area (Å²) in [6.45, 7) is 20.7. The minimum absolute atomic E-state index is 0.0990. The van der Waals surface area contributed by atoms with Crippen LogP contribution in [-0.2, 0) is 53.3 Å². The molecular weight excluding hydrogens is 593 g/mol. The van der Waals surface area contributed by atoms with Crippen molar-refractivity contribution in [3.8, 4) is 0 Å². The predicted octanol–water partition coefficient (Wildman–Crippen LogP) is 7.85. The summed E-state index contributed by atoms with van der Waals surface area (Å²) in [5.41, 5.74) is 4.84. The van der Waals surface area contributed by atoms with Gasteiger partial charge in [0.25, 0.3) is 0 Å². The Kier molecular flexibility index (Phi) is 7.43. The molecule has 0 amide bonds. The van der Waals surface area contributed by atoms with Crippen molar-refractivity contribution in [2.45, 2.75) is 93.2 Å². The van der Waals surface area contributed by atoms with E-state index >= 15 is 0 Å². The summed E-state index contributed by atoms with van der Waals surface area (Å²) < 4.78 is 1.57. The molecule has 0 saturated heterocycles. The number of hydrogen-bond acceptors (Lipinski definition) is 0. The van der Waals surface area contributed by atoms with Crippen LogP contribution in [0.1, 0.15) is 79.0 Å². The summed E-state index contributed by atoms with van der Waals surface area (Å²) in [5.74, 6) is 0. The third-order valence-electron chi connectivity index (χ3n) is 6.03. The van der Waals surface area contributed by atoms with Gasteiger partial charge in [0.05, 0.1) is 0 Å². The molecule has 165 valence electrons. The normalized spacial score (nSPS) is 13.0. The molecule has 0 N–H and O–H groups in total. The molecule has 0 bridgehead atoms. The van der Waals surface area contributed by atoms with E-state index in [1.165, 1.54) is 31.4 Å². The fourth-order valence-electron chi connectivity index (χ4n) is 4.02. The van der Waals surface area contributed by atoms with E-state index in [9.17, 15) is 0 Å². The molecule has 0 nitrogen and oxygen atoms in total. The molecule has 3 rings (SSSR count). The maximum atomic E-state index is 2.50. The van der Waals surface area contributed by atoms with E-state index < -0.39 is 0 Å². The van der Waals surface area contributed by atoms with Crippen molar-refractivity contribution >= 4 is 14.0 Å². The SMILES string of the molecule is CC(C)(C)c1ccc([S+](c2ccc(C(C)(C)C)cc2)c2ccc(C(C)(C)C)[c]([Hg])c2)cc1. The topological polar surface area (TPSA) is 0 Å². The van der Waals surface area contributed by atoms with Gasteiger partial charge in [0.15, 0.2) is 0 Å². The van der Waals surface area contributed by atoms with Gasteiger partial charge in [-0.3, -0.25) is 0 Å². The average Bonchev–Trinajstić information content (AvgIpc) is 2.67. The molecule has 0 atom stereocenters. The molecule has 0 spiro atoms. The van der Waals surface area contributed by atoms with Crippen LogP contribution in [0, 0.1) is 0 Å². The zero-order valence-electron chi connectivity index (χ0n) is 21.5. The Labute approximate surface area is 215 Å². The Morgan fingerprint density at radius 1 is 0.500 bits per heavy atom. The maximum absolute atomic E-state index is 2.50. The Bertz CT molecular complexity index is 999. The molecular formula is C30H38HgS+. The van der Waals surface area contributed by atoms with Crippen molar-refractivity contribution in [1.29, 1.82) is 0 Å². The zero-order chi connectivity index (χ0) is 23.9. The molecule has 0 aromatic heterocycles. The number of rotatable bonds is 3. The van der Waals surface area contributed by atoms with Gasteiger partial charge in [-0.25, -0.2) is 0 Å². The third kappa shape index (κ3) is 5.89. The fourth-order valence-corrected chi connectivity index (χ4v) is 10.1. The Morgan fingerprint density at radius 2 is 0.875 bits per heavy atom.